The normalized spacial score (nSPS) is 13.8. The van der Waals surface area contributed by atoms with E-state index in [1.807, 2.05) is 0 Å². The summed E-state index contributed by atoms with van der Waals surface area (Å²) >= 11 is 0. The van der Waals surface area contributed by atoms with E-state index in [2.05, 4.69) is 0 Å². The molecule has 40 heavy (non-hydrogen) atoms. The van der Waals surface area contributed by atoms with E-state index in [-0.39, 0.29) is 49.0 Å². The Morgan fingerprint density at radius 3 is 1.93 bits per heavy atom. The topological polar surface area (TPSA) is 173 Å². The number of aryl methyl sites for hydroxylation is 1. The minimum Gasteiger partial charge on any atom is -0.466 e. The first-order chi connectivity index (χ1) is 19.1. The van der Waals surface area contributed by atoms with Crippen molar-refractivity contribution in [3.05, 3.63) is 77.9 Å². The highest BCUT2D eigenvalue weighted by Crippen LogP contribution is 2.33. The zero-order chi connectivity index (χ0) is 29.4. The number of ether oxygens (including phenoxy) is 2. The molecule has 0 radical (unpaired) electrons. The molecule has 0 fully saturated rings. The minimum atomic E-state index is -0.559. The number of carbonyl (C=O) groups is 4. The van der Waals surface area contributed by atoms with Crippen LogP contribution < -0.4 is 0 Å². The molecular formula is C28H30N2O10. The van der Waals surface area contributed by atoms with E-state index in [9.17, 15) is 39.4 Å². The molecule has 2 aromatic rings. The van der Waals surface area contributed by atoms with E-state index >= 15 is 0 Å². The molecule has 212 valence electrons. The van der Waals surface area contributed by atoms with Gasteiger partial charge >= 0.3 is 11.9 Å². The van der Waals surface area contributed by atoms with Crippen LogP contribution in [0.25, 0.3) is 0 Å². The number of rotatable bonds is 8. The fourth-order valence-electron chi connectivity index (χ4n) is 4.90. The maximum absolute atomic E-state index is 11.8. The highest BCUT2D eigenvalue weighted by Gasteiger charge is 2.29. The summed E-state index contributed by atoms with van der Waals surface area (Å²) in [5, 5.41) is 22.4. The highest BCUT2D eigenvalue weighted by molar-refractivity contribution is 6.00. The van der Waals surface area contributed by atoms with Crippen molar-refractivity contribution in [2.75, 3.05) is 13.2 Å². The van der Waals surface area contributed by atoms with Gasteiger partial charge in [-0.2, -0.15) is 0 Å². The maximum atomic E-state index is 11.8. The molecule has 0 bridgehead atoms. The lowest BCUT2D eigenvalue weighted by molar-refractivity contribution is -0.386. The Labute approximate surface area is 230 Å². The summed E-state index contributed by atoms with van der Waals surface area (Å²) in [6, 6.07) is 5.96. The number of ketones is 2. The third kappa shape index (κ3) is 7.13. The second kappa shape index (κ2) is 13.5. The number of carbonyl (C=O) groups excluding carboxylic acids is 4. The SMILES string of the molecule is CCOC(=O)Cc1cc2c(cc1[N+](=O)[O-])C(=O)CCC2.CCOC(=O)Cc1ccc2c(c1[N+](=O)[O-])CCCC2=O. The van der Waals surface area contributed by atoms with Gasteiger partial charge in [0.15, 0.2) is 11.6 Å². The zero-order valence-corrected chi connectivity index (χ0v) is 22.4. The molecule has 12 heteroatoms. The second-order valence-electron chi connectivity index (χ2n) is 9.27. The molecule has 0 saturated carbocycles. The monoisotopic (exact) mass is 554 g/mol. The molecule has 4 rings (SSSR count). The Kier molecular flexibility index (Phi) is 10.2. The Morgan fingerprint density at radius 2 is 1.35 bits per heavy atom. The molecule has 0 heterocycles. The molecule has 0 atom stereocenters. The standard InChI is InChI=1S/2C14H15NO5/c1-2-20-14(17)7-10-6-9-4-3-5-13(16)11(9)8-12(10)15(18)19;1-2-20-13(17)8-9-6-7-10-11(14(9)15(18)19)4-3-5-12(10)16/h6,8H,2-5,7H2,1H3;6-7H,2-5,8H2,1H3. The number of nitro groups is 2. The lowest BCUT2D eigenvalue weighted by atomic mass is 9.87. The number of esters is 2. The van der Waals surface area contributed by atoms with Crippen LogP contribution in [0.4, 0.5) is 11.4 Å². The predicted molar refractivity (Wildman–Crippen MR) is 141 cm³/mol. The molecule has 0 amide bonds. The van der Waals surface area contributed by atoms with Gasteiger partial charge in [-0.1, -0.05) is 12.1 Å². The lowest BCUT2D eigenvalue weighted by Gasteiger charge is -2.16. The Bertz CT molecular complexity index is 1340. The van der Waals surface area contributed by atoms with Gasteiger partial charge in [0.1, 0.15) is 0 Å². The average molecular weight is 555 g/mol. The largest absolute Gasteiger partial charge is 0.466 e. The van der Waals surface area contributed by atoms with Crippen molar-refractivity contribution in [3.8, 4) is 0 Å². The molecular weight excluding hydrogens is 524 g/mol. The molecule has 2 aromatic carbocycles. The number of nitro benzene ring substituents is 2. The molecule has 0 aliphatic heterocycles. The summed E-state index contributed by atoms with van der Waals surface area (Å²) in [6.45, 7) is 3.82. The van der Waals surface area contributed by atoms with Gasteiger partial charge in [-0.25, -0.2) is 0 Å². The van der Waals surface area contributed by atoms with Crippen LogP contribution in [-0.2, 0) is 44.7 Å². The van der Waals surface area contributed by atoms with Crippen molar-refractivity contribution >= 4 is 34.9 Å². The van der Waals surface area contributed by atoms with Crippen LogP contribution in [0.2, 0.25) is 0 Å². The van der Waals surface area contributed by atoms with E-state index in [1.54, 1.807) is 26.0 Å². The minimum absolute atomic E-state index is 0.0722. The van der Waals surface area contributed by atoms with Crippen molar-refractivity contribution in [1.82, 2.24) is 0 Å². The van der Waals surface area contributed by atoms with E-state index < -0.39 is 21.8 Å². The van der Waals surface area contributed by atoms with Crippen molar-refractivity contribution in [1.29, 1.82) is 0 Å². The molecule has 2 aliphatic rings. The summed E-state index contributed by atoms with van der Waals surface area (Å²) < 4.78 is 9.63. The number of Topliss-reactive ketones (excluding diaryl/α,β-unsaturated/α-hetero) is 2. The molecule has 12 nitrogen and oxygen atoms in total. The van der Waals surface area contributed by atoms with Crippen molar-refractivity contribution < 1.29 is 38.5 Å². The van der Waals surface area contributed by atoms with Crippen LogP contribution >= 0.6 is 0 Å². The van der Waals surface area contributed by atoms with Crippen LogP contribution in [0.15, 0.2) is 24.3 Å². The molecule has 0 unspecified atom stereocenters. The van der Waals surface area contributed by atoms with E-state index in [0.717, 1.165) is 12.0 Å². The van der Waals surface area contributed by atoms with Gasteiger partial charge < -0.3 is 9.47 Å². The second-order valence-corrected chi connectivity index (χ2v) is 9.27. The zero-order valence-electron chi connectivity index (χ0n) is 22.4. The fraction of sp³-hybridized carbons (Fsp3) is 0.429. The lowest BCUT2D eigenvalue weighted by Crippen LogP contribution is -2.16. The van der Waals surface area contributed by atoms with E-state index in [1.165, 1.54) is 12.1 Å². The van der Waals surface area contributed by atoms with Gasteiger partial charge in [0.25, 0.3) is 11.4 Å². The molecule has 0 aromatic heterocycles. The summed E-state index contributed by atoms with van der Waals surface area (Å²) in [7, 11) is 0. The van der Waals surface area contributed by atoms with Crippen LogP contribution in [0.1, 0.15) is 82.5 Å². The fourth-order valence-corrected chi connectivity index (χ4v) is 4.90. The number of benzene rings is 2. The third-order valence-corrected chi connectivity index (χ3v) is 6.61. The summed E-state index contributed by atoms with van der Waals surface area (Å²) in [5.74, 6) is -1.15. The average Bonchev–Trinajstić information content (AvgIpc) is 2.89. The van der Waals surface area contributed by atoms with Crippen LogP contribution in [0.3, 0.4) is 0 Å². The molecule has 0 N–H and O–H groups in total. The van der Waals surface area contributed by atoms with Gasteiger partial charge in [-0.3, -0.25) is 39.4 Å². The van der Waals surface area contributed by atoms with Gasteiger partial charge in [0, 0.05) is 46.7 Å². The van der Waals surface area contributed by atoms with Crippen molar-refractivity contribution in [2.45, 2.75) is 65.2 Å². The van der Waals surface area contributed by atoms with Gasteiger partial charge in [0.2, 0.25) is 0 Å². The smallest absolute Gasteiger partial charge is 0.310 e. The third-order valence-electron chi connectivity index (χ3n) is 6.61. The first-order valence-corrected chi connectivity index (χ1v) is 13.0. The maximum Gasteiger partial charge on any atom is 0.310 e. The highest BCUT2D eigenvalue weighted by atomic mass is 16.6. The van der Waals surface area contributed by atoms with E-state index in [4.69, 9.17) is 9.47 Å². The van der Waals surface area contributed by atoms with Crippen molar-refractivity contribution in [3.63, 3.8) is 0 Å². The first-order valence-electron chi connectivity index (χ1n) is 13.0. The van der Waals surface area contributed by atoms with Crippen molar-refractivity contribution in [2.24, 2.45) is 0 Å². The Morgan fingerprint density at radius 1 is 0.775 bits per heavy atom. The van der Waals surface area contributed by atoms with Crippen LogP contribution in [0, 0.1) is 20.2 Å². The first kappa shape index (κ1) is 30.1. The van der Waals surface area contributed by atoms with E-state index in [0.29, 0.717) is 59.9 Å². The van der Waals surface area contributed by atoms with Gasteiger partial charge in [-0.15, -0.1) is 0 Å². The summed E-state index contributed by atoms with van der Waals surface area (Å²) in [5.41, 5.74) is 2.38. The summed E-state index contributed by atoms with van der Waals surface area (Å²) in [6.07, 6.45) is 3.08. The Balaban J connectivity index is 0.000000220. The molecule has 0 saturated heterocycles. The van der Waals surface area contributed by atoms with Gasteiger partial charge in [0.05, 0.1) is 35.9 Å². The Hall–Kier alpha value is -4.48. The number of fused-ring (bicyclic) bond motifs is 2. The molecule has 0 spiro atoms. The number of nitrogens with zero attached hydrogens (tertiary/aromatic N) is 2. The quantitative estimate of drug-likeness (QED) is 0.258. The van der Waals surface area contributed by atoms with Crippen LogP contribution in [0.5, 0.6) is 0 Å². The predicted octanol–water partition coefficient (Wildman–Crippen LogP) is 4.44. The number of hydrogen-bond acceptors (Lipinski definition) is 10. The molecule has 2 aliphatic carbocycles. The number of hydrogen-bond donors (Lipinski definition) is 0. The van der Waals surface area contributed by atoms with Gasteiger partial charge in [-0.05, 0) is 51.2 Å². The summed E-state index contributed by atoms with van der Waals surface area (Å²) in [4.78, 5) is 67.9. The van der Waals surface area contributed by atoms with Crippen LogP contribution in [-0.4, -0.2) is 46.6 Å².